The Balaban J connectivity index is 1.65. The summed E-state index contributed by atoms with van der Waals surface area (Å²) in [6.07, 6.45) is 4.09. The largest absolute Gasteiger partial charge is 0.381 e. The Kier molecular flexibility index (Phi) is 5.46. The highest BCUT2D eigenvalue weighted by molar-refractivity contribution is 8.00. The van der Waals surface area contributed by atoms with E-state index in [-0.39, 0.29) is 5.91 Å². The van der Waals surface area contributed by atoms with Crippen LogP contribution in [0.2, 0.25) is 0 Å². The summed E-state index contributed by atoms with van der Waals surface area (Å²) in [4.78, 5) is 19.0. The Morgan fingerprint density at radius 2 is 2.21 bits per heavy atom. The summed E-state index contributed by atoms with van der Waals surface area (Å²) in [5.74, 6) is 0.0538. The van der Waals surface area contributed by atoms with Gasteiger partial charge in [-0.05, 0) is 56.2 Å². The number of rotatable bonds is 4. The third-order valence-corrected chi connectivity index (χ3v) is 6.33. The highest BCUT2D eigenvalue weighted by Crippen LogP contribution is 2.23. The molecule has 1 aliphatic heterocycles. The van der Waals surface area contributed by atoms with Gasteiger partial charge in [0.2, 0.25) is 0 Å². The average molecular weight is 362 g/mol. The number of carbonyl (C=O) groups is 1. The van der Waals surface area contributed by atoms with E-state index < -0.39 is 0 Å². The van der Waals surface area contributed by atoms with Crippen LogP contribution in [0.1, 0.15) is 34.5 Å². The smallest absolute Gasteiger partial charge is 0.273 e. The summed E-state index contributed by atoms with van der Waals surface area (Å²) in [5, 5.41) is 5.46. The molecule has 1 atom stereocenters. The summed E-state index contributed by atoms with van der Waals surface area (Å²) in [6, 6.07) is 6.74. The molecular weight excluding hydrogens is 338 g/mol. The molecule has 1 saturated heterocycles. The van der Waals surface area contributed by atoms with Gasteiger partial charge in [-0.3, -0.25) is 4.79 Å². The van der Waals surface area contributed by atoms with Crippen LogP contribution in [-0.4, -0.2) is 41.2 Å². The van der Waals surface area contributed by atoms with Crippen molar-refractivity contribution < 1.29 is 4.79 Å². The SMILES string of the molecule is CSc1nc(C(=O)N2CCC[C@H](Nc3ccc(C)c(C)c3)C2)cs1. The number of thiazole rings is 1. The maximum absolute atomic E-state index is 12.7. The number of carbonyl (C=O) groups excluding carboxylic acids is 1. The second kappa shape index (κ2) is 7.57. The second-order valence-electron chi connectivity index (χ2n) is 6.24. The maximum Gasteiger partial charge on any atom is 0.273 e. The zero-order valence-corrected chi connectivity index (χ0v) is 16.0. The molecule has 1 N–H and O–H groups in total. The first-order valence-corrected chi connectivity index (χ1v) is 10.3. The van der Waals surface area contributed by atoms with Crippen molar-refractivity contribution in [1.82, 2.24) is 9.88 Å². The van der Waals surface area contributed by atoms with E-state index in [4.69, 9.17) is 0 Å². The molecule has 1 amide bonds. The fraction of sp³-hybridized carbons (Fsp3) is 0.444. The third kappa shape index (κ3) is 3.92. The Hall–Kier alpha value is -1.53. The highest BCUT2D eigenvalue weighted by Gasteiger charge is 2.25. The maximum atomic E-state index is 12.7. The van der Waals surface area contributed by atoms with Crippen molar-refractivity contribution in [2.24, 2.45) is 0 Å². The molecule has 0 radical (unpaired) electrons. The zero-order chi connectivity index (χ0) is 17.1. The number of likely N-dealkylation sites (tertiary alicyclic amines) is 1. The Morgan fingerprint density at radius 1 is 1.38 bits per heavy atom. The van der Waals surface area contributed by atoms with Gasteiger partial charge >= 0.3 is 0 Å². The Bertz CT molecular complexity index is 729. The van der Waals surface area contributed by atoms with Crippen molar-refractivity contribution in [3.05, 3.63) is 40.4 Å². The first kappa shape index (κ1) is 17.3. The van der Waals surface area contributed by atoms with Crippen molar-refractivity contribution in [2.45, 2.75) is 37.1 Å². The normalized spacial score (nSPS) is 17.8. The Morgan fingerprint density at radius 3 is 2.92 bits per heavy atom. The number of aryl methyl sites for hydroxylation is 2. The minimum Gasteiger partial charge on any atom is -0.381 e. The van der Waals surface area contributed by atoms with Gasteiger partial charge < -0.3 is 10.2 Å². The van der Waals surface area contributed by atoms with Gasteiger partial charge in [-0.25, -0.2) is 4.98 Å². The van der Waals surface area contributed by atoms with E-state index in [1.54, 1.807) is 11.8 Å². The summed E-state index contributed by atoms with van der Waals surface area (Å²) < 4.78 is 0.945. The van der Waals surface area contributed by atoms with Gasteiger partial charge in [-0.1, -0.05) is 17.8 Å². The molecule has 2 aromatic rings. The molecule has 1 fully saturated rings. The van der Waals surface area contributed by atoms with Crippen molar-refractivity contribution in [1.29, 1.82) is 0 Å². The highest BCUT2D eigenvalue weighted by atomic mass is 32.2. The standard InChI is InChI=1S/C18H23N3OS2/c1-12-6-7-14(9-13(12)2)19-15-5-4-8-21(10-15)17(22)16-11-24-18(20-16)23-3/h6-7,9,11,15,19H,4-5,8,10H2,1-3H3/t15-/m0/s1. The number of aromatic nitrogens is 1. The fourth-order valence-corrected chi connectivity index (χ4v) is 4.19. The van der Waals surface area contributed by atoms with Gasteiger partial charge in [-0.2, -0.15) is 0 Å². The van der Waals surface area contributed by atoms with Crippen LogP contribution in [0.25, 0.3) is 0 Å². The van der Waals surface area contributed by atoms with Gasteiger partial charge in [0, 0.05) is 30.2 Å². The molecule has 1 aromatic carbocycles. The van der Waals surface area contributed by atoms with Crippen molar-refractivity contribution in [3.8, 4) is 0 Å². The molecule has 6 heteroatoms. The topological polar surface area (TPSA) is 45.2 Å². The summed E-state index contributed by atoms with van der Waals surface area (Å²) >= 11 is 3.12. The van der Waals surface area contributed by atoms with Gasteiger partial charge in [0.1, 0.15) is 10.0 Å². The number of hydrogen-bond acceptors (Lipinski definition) is 5. The lowest BCUT2D eigenvalue weighted by Crippen LogP contribution is -2.45. The lowest BCUT2D eigenvalue weighted by molar-refractivity contribution is 0.0709. The first-order valence-electron chi connectivity index (χ1n) is 8.19. The molecule has 0 spiro atoms. The molecule has 1 aliphatic rings. The van der Waals surface area contributed by atoms with Crippen LogP contribution in [0.5, 0.6) is 0 Å². The molecule has 4 nitrogen and oxygen atoms in total. The lowest BCUT2D eigenvalue weighted by Gasteiger charge is -2.33. The lowest BCUT2D eigenvalue weighted by atomic mass is 10.0. The molecule has 0 aliphatic carbocycles. The second-order valence-corrected chi connectivity index (χ2v) is 8.15. The number of nitrogens with zero attached hydrogens (tertiary/aromatic N) is 2. The number of nitrogens with one attached hydrogen (secondary N) is 1. The molecule has 0 bridgehead atoms. The van der Waals surface area contributed by atoms with Gasteiger partial charge in [-0.15, -0.1) is 11.3 Å². The van der Waals surface area contributed by atoms with E-state index in [1.807, 2.05) is 16.5 Å². The zero-order valence-electron chi connectivity index (χ0n) is 14.3. The van der Waals surface area contributed by atoms with E-state index in [9.17, 15) is 4.79 Å². The molecule has 3 rings (SSSR count). The molecule has 1 aromatic heterocycles. The number of piperidine rings is 1. The minimum atomic E-state index is 0.0538. The van der Waals surface area contributed by atoms with E-state index in [2.05, 4.69) is 42.3 Å². The predicted octanol–water partition coefficient (Wildman–Crippen LogP) is 4.20. The molecule has 24 heavy (non-hydrogen) atoms. The van der Waals surface area contributed by atoms with Crippen molar-refractivity contribution >= 4 is 34.7 Å². The average Bonchev–Trinajstić information content (AvgIpc) is 3.07. The van der Waals surface area contributed by atoms with Crippen LogP contribution in [0.15, 0.2) is 27.9 Å². The van der Waals surface area contributed by atoms with Crippen LogP contribution in [0.4, 0.5) is 5.69 Å². The number of benzene rings is 1. The van der Waals surface area contributed by atoms with Gasteiger partial charge in [0.05, 0.1) is 0 Å². The van der Waals surface area contributed by atoms with Crippen LogP contribution >= 0.6 is 23.1 Å². The first-order chi connectivity index (χ1) is 11.6. The number of hydrogen-bond donors (Lipinski definition) is 1. The van der Waals surface area contributed by atoms with Crippen LogP contribution in [-0.2, 0) is 0 Å². The van der Waals surface area contributed by atoms with Crippen LogP contribution < -0.4 is 5.32 Å². The number of amides is 1. The number of anilines is 1. The van der Waals surface area contributed by atoms with Crippen molar-refractivity contribution in [2.75, 3.05) is 24.7 Å². The Labute approximate surface area is 151 Å². The predicted molar refractivity (Wildman–Crippen MR) is 102 cm³/mol. The van der Waals surface area contributed by atoms with E-state index in [0.717, 1.165) is 36.0 Å². The minimum absolute atomic E-state index is 0.0538. The van der Waals surface area contributed by atoms with E-state index >= 15 is 0 Å². The molecule has 2 heterocycles. The molecule has 128 valence electrons. The van der Waals surface area contributed by atoms with E-state index in [1.165, 1.54) is 22.5 Å². The van der Waals surface area contributed by atoms with E-state index in [0.29, 0.717) is 11.7 Å². The molecular formula is C18H23N3OS2. The summed E-state index contributed by atoms with van der Waals surface area (Å²) in [7, 11) is 0. The number of thioether (sulfide) groups is 1. The summed E-state index contributed by atoms with van der Waals surface area (Å²) in [6.45, 7) is 5.80. The van der Waals surface area contributed by atoms with Crippen molar-refractivity contribution in [3.63, 3.8) is 0 Å². The quantitative estimate of drug-likeness (QED) is 0.829. The van der Waals surface area contributed by atoms with Gasteiger partial charge in [0.15, 0.2) is 0 Å². The van der Waals surface area contributed by atoms with Crippen LogP contribution in [0, 0.1) is 13.8 Å². The third-order valence-electron chi connectivity index (χ3n) is 4.46. The summed E-state index contributed by atoms with van der Waals surface area (Å²) in [5.41, 5.74) is 4.30. The van der Waals surface area contributed by atoms with Gasteiger partial charge in [0.25, 0.3) is 5.91 Å². The van der Waals surface area contributed by atoms with Crippen LogP contribution in [0.3, 0.4) is 0 Å². The monoisotopic (exact) mass is 361 g/mol. The fourth-order valence-electron chi connectivity index (χ4n) is 2.96. The molecule has 0 unspecified atom stereocenters. The molecule has 0 saturated carbocycles.